The van der Waals surface area contributed by atoms with Crippen LogP contribution in [0.2, 0.25) is 0 Å². The van der Waals surface area contributed by atoms with Crippen molar-refractivity contribution in [3.63, 3.8) is 0 Å². The summed E-state index contributed by atoms with van der Waals surface area (Å²) in [6.45, 7) is 0.882. The van der Waals surface area contributed by atoms with Gasteiger partial charge in [0.15, 0.2) is 0 Å². The number of nitrogens with one attached hydrogen (secondary N) is 1. The summed E-state index contributed by atoms with van der Waals surface area (Å²) in [5.41, 5.74) is 1.26. The highest BCUT2D eigenvalue weighted by molar-refractivity contribution is 5.28. The molecule has 1 heterocycles. The van der Waals surface area contributed by atoms with Gasteiger partial charge in [0.05, 0.1) is 13.4 Å². The Hall–Kier alpha value is -1.81. The minimum atomic E-state index is 0.524. The standard InChI is InChI=1S/C16H21N3O/c1-20-14-5-2-4-13(10-14)11-18-15-6-3-7-16(15)19-9-8-17-12-19/h2,4-5,8-10,12,15-16,18H,3,6-7,11H2,1H3. The maximum atomic E-state index is 5.27. The average molecular weight is 271 g/mol. The minimum absolute atomic E-state index is 0.524. The summed E-state index contributed by atoms with van der Waals surface area (Å²) >= 11 is 0. The number of rotatable bonds is 5. The molecule has 0 bridgehead atoms. The van der Waals surface area contributed by atoms with Crippen molar-refractivity contribution in [1.29, 1.82) is 0 Å². The predicted molar refractivity (Wildman–Crippen MR) is 78.7 cm³/mol. The molecule has 0 saturated heterocycles. The highest BCUT2D eigenvalue weighted by Crippen LogP contribution is 2.30. The first kappa shape index (κ1) is 13.2. The zero-order valence-electron chi connectivity index (χ0n) is 11.8. The first-order valence-corrected chi connectivity index (χ1v) is 7.20. The lowest BCUT2D eigenvalue weighted by atomic mass is 10.1. The number of hydrogen-bond donors (Lipinski definition) is 1. The van der Waals surface area contributed by atoms with Gasteiger partial charge in [-0.3, -0.25) is 0 Å². The predicted octanol–water partition coefficient (Wildman–Crippen LogP) is 2.78. The van der Waals surface area contributed by atoms with Crippen molar-refractivity contribution in [2.45, 2.75) is 37.9 Å². The van der Waals surface area contributed by atoms with Crippen molar-refractivity contribution < 1.29 is 4.74 Å². The lowest BCUT2D eigenvalue weighted by Crippen LogP contribution is -2.33. The molecule has 4 heteroatoms. The van der Waals surface area contributed by atoms with Crippen LogP contribution in [0, 0.1) is 0 Å². The van der Waals surface area contributed by atoms with Gasteiger partial charge in [-0.05, 0) is 37.0 Å². The van der Waals surface area contributed by atoms with Crippen LogP contribution in [0.15, 0.2) is 43.0 Å². The van der Waals surface area contributed by atoms with Gasteiger partial charge in [0.25, 0.3) is 0 Å². The van der Waals surface area contributed by atoms with Crippen molar-refractivity contribution in [2.24, 2.45) is 0 Å². The number of nitrogens with zero attached hydrogens (tertiary/aromatic N) is 2. The van der Waals surface area contributed by atoms with E-state index < -0.39 is 0 Å². The van der Waals surface area contributed by atoms with Crippen LogP contribution >= 0.6 is 0 Å². The quantitative estimate of drug-likeness (QED) is 0.909. The van der Waals surface area contributed by atoms with Crippen LogP contribution in [0.1, 0.15) is 30.9 Å². The fourth-order valence-electron chi connectivity index (χ4n) is 3.03. The molecule has 1 saturated carbocycles. The maximum absolute atomic E-state index is 5.27. The van der Waals surface area contributed by atoms with Gasteiger partial charge in [-0.15, -0.1) is 0 Å². The van der Waals surface area contributed by atoms with Gasteiger partial charge in [-0.25, -0.2) is 4.98 Å². The van der Waals surface area contributed by atoms with Gasteiger partial charge < -0.3 is 14.6 Å². The molecule has 2 aromatic rings. The van der Waals surface area contributed by atoms with Crippen molar-refractivity contribution in [1.82, 2.24) is 14.9 Å². The number of benzene rings is 1. The fraction of sp³-hybridized carbons (Fsp3) is 0.438. The molecule has 4 nitrogen and oxygen atoms in total. The Morgan fingerprint density at radius 1 is 1.40 bits per heavy atom. The smallest absolute Gasteiger partial charge is 0.119 e. The van der Waals surface area contributed by atoms with E-state index in [1.165, 1.54) is 24.8 Å². The molecule has 0 amide bonds. The molecule has 1 aromatic heterocycles. The Morgan fingerprint density at radius 2 is 2.35 bits per heavy atom. The lowest BCUT2D eigenvalue weighted by Gasteiger charge is -2.22. The van der Waals surface area contributed by atoms with E-state index in [-0.39, 0.29) is 0 Å². The molecule has 1 fully saturated rings. The second-order valence-electron chi connectivity index (χ2n) is 5.35. The number of imidazole rings is 1. The third-order valence-electron chi connectivity index (χ3n) is 4.09. The molecule has 1 aromatic carbocycles. The Morgan fingerprint density at radius 3 is 3.15 bits per heavy atom. The average Bonchev–Trinajstić information content (AvgIpc) is 3.16. The van der Waals surface area contributed by atoms with Crippen LogP contribution < -0.4 is 10.1 Å². The number of aromatic nitrogens is 2. The van der Waals surface area contributed by atoms with Gasteiger partial charge in [0.2, 0.25) is 0 Å². The first-order chi connectivity index (χ1) is 9.86. The van der Waals surface area contributed by atoms with Crippen LogP contribution in [0.25, 0.3) is 0 Å². The Labute approximate surface area is 119 Å². The Bertz CT molecular complexity index is 538. The van der Waals surface area contributed by atoms with Crippen molar-refractivity contribution >= 4 is 0 Å². The first-order valence-electron chi connectivity index (χ1n) is 7.20. The van der Waals surface area contributed by atoms with E-state index in [1.807, 2.05) is 24.7 Å². The molecule has 2 unspecified atom stereocenters. The number of methoxy groups -OCH3 is 1. The monoisotopic (exact) mass is 271 g/mol. The topological polar surface area (TPSA) is 39.1 Å². The molecule has 0 aliphatic heterocycles. The largest absolute Gasteiger partial charge is 0.497 e. The van der Waals surface area contributed by atoms with Crippen LogP contribution in [-0.4, -0.2) is 22.7 Å². The third kappa shape index (κ3) is 2.85. The van der Waals surface area contributed by atoms with Crippen LogP contribution in [-0.2, 0) is 6.54 Å². The van der Waals surface area contributed by atoms with Gasteiger partial charge in [0.1, 0.15) is 5.75 Å². The van der Waals surface area contributed by atoms with Crippen molar-refractivity contribution in [2.75, 3.05) is 7.11 Å². The summed E-state index contributed by atoms with van der Waals surface area (Å²) < 4.78 is 7.50. The zero-order valence-corrected chi connectivity index (χ0v) is 11.8. The summed E-state index contributed by atoms with van der Waals surface area (Å²) in [5.74, 6) is 0.918. The fourth-order valence-corrected chi connectivity index (χ4v) is 3.03. The zero-order chi connectivity index (χ0) is 13.8. The summed E-state index contributed by atoms with van der Waals surface area (Å²) in [7, 11) is 1.71. The highest BCUT2D eigenvalue weighted by Gasteiger charge is 2.27. The van der Waals surface area contributed by atoms with E-state index in [4.69, 9.17) is 4.74 Å². The molecule has 0 spiro atoms. The van der Waals surface area contributed by atoms with E-state index >= 15 is 0 Å². The van der Waals surface area contributed by atoms with E-state index in [9.17, 15) is 0 Å². The summed E-state index contributed by atoms with van der Waals surface area (Å²) in [6, 6.07) is 9.30. The van der Waals surface area contributed by atoms with Gasteiger partial charge in [-0.2, -0.15) is 0 Å². The van der Waals surface area contributed by atoms with Crippen LogP contribution in [0.4, 0.5) is 0 Å². The van der Waals surface area contributed by atoms with E-state index in [2.05, 4.69) is 33.2 Å². The summed E-state index contributed by atoms with van der Waals surface area (Å²) in [6.07, 6.45) is 9.58. The molecule has 1 aliphatic rings. The Kier molecular flexibility index (Phi) is 4.02. The highest BCUT2D eigenvalue weighted by atomic mass is 16.5. The maximum Gasteiger partial charge on any atom is 0.119 e. The third-order valence-corrected chi connectivity index (χ3v) is 4.09. The molecule has 0 radical (unpaired) electrons. The van der Waals surface area contributed by atoms with Crippen molar-refractivity contribution in [3.05, 3.63) is 48.5 Å². The molecule has 20 heavy (non-hydrogen) atoms. The van der Waals surface area contributed by atoms with E-state index in [0.29, 0.717) is 12.1 Å². The second kappa shape index (κ2) is 6.09. The van der Waals surface area contributed by atoms with Gasteiger partial charge >= 0.3 is 0 Å². The lowest BCUT2D eigenvalue weighted by molar-refractivity contribution is 0.389. The molecule has 2 atom stereocenters. The summed E-state index contributed by atoms with van der Waals surface area (Å²) in [4.78, 5) is 4.16. The van der Waals surface area contributed by atoms with Crippen LogP contribution in [0.3, 0.4) is 0 Å². The number of hydrogen-bond acceptors (Lipinski definition) is 3. The van der Waals surface area contributed by atoms with Gasteiger partial charge in [0, 0.05) is 31.0 Å². The minimum Gasteiger partial charge on any atom is -0.497 e. The van der Waals surface area contributed by atoms with Gasteiger partial charge in [-0.1, -0.05) is 12.1 Å². The molecule has 1 aliphatic carbocycles. The normalized spacial score (nSPS) is 22.1. The molecule has 1 N–H and O–H groups in total. The molecule has 106 valence electrons. The van der Waals surface area contributed by atoms with Crippen LogP contribution in [0.5, 0.6) is 5.75 Å². The van der Waals surface area contributed by atoms with Crippen molar-refractivity contribution in [3.8, 4) is 5.75 Å². The van der Waals surface area contributed by atoms with E-state index in [1.54, 1.807) is 7.11 Å². The molecular weight excluding hydrogens is 250 g/mol. The van der Waals surface area contributed by atoms with E-state index in [0.717, 1.165) is 12.3 Å². The number of ether oxygens (including phenoxy) is 1. The molecule has 3 rings (SSSR count). The Balaban J connectivity index is 1.62. The second-order valence-corrected chi connectivity index (χ2v) is 5.35. The SMILES string of the molecule is COc1cccc(CNC2CCCC2n2ccnc2)c1. The molecular formula is C16H21N3O. The summed E-state index contributed by atoms with van der Waals surface area (Å²) in [5, 5.41) is 3.68.